The average Bonchev–Trinajstić information content (AvgIpc) is 2.88. The predicted molar refractivity (Wildman–Crippen MR) is 79.1 cm³/mol. The molecule has 19 heavy (non-hydrogen) atoms. The van der Waals surface area contributed by atoms with E-state index in [0.29, 0.717) is 6.04 Å². The minimum atomic E-state index is 0.591. The molecule has 3 rings (SSSR count). The van der Waals surface area contributed by atoms with E-state index in [-0.39, 0.29) is 0 Å². The predicted octanol–water partition coefficient (Wildman–Crippen LogP) is 4.49. The highest BCUT2D eigenvalue weighted by atomic mass is 16.3. The third kappa shape index (κ3) is 3.01. The van der Waals surface area contributed by atoms with Gasteiger partial charge in [-0.2, -0.15) is 0 Å². The minimum Gasteiger partial charge on any atom is -0.460 e. The van der Waals surface area contributed by atoms with Crippen LogP contribution in [-0.2, 0) is 6.54 Å². The topological polar surface area (TPSA) is 25.2 Å². The van der Waals surface area contributed by atoms with Crippen molar-refractivity contribution in [3.8, 4) is 0 Å². The molecule has 102 valence electrons. The zero-order valence-corrected chi connectivity index (χ0v) is 11.7. The van der Waals surface area contributed by atoms with E-state index in [4.69, 9.17) is 4.42 Å². The van der Waals surface area contributed by atoms with Crippen molar-refractivity contribution in [3.63, 3.8) is 0 Å². The lowest BCUT2D eigenvalue weighted by Gasteiger charge is -2.28. The molecule has 0 saturated heterocycles. The lowest BCUT2D eigenvalue weighted by Crippen LogP contribution is -2.34. The van der Waals surface area contributed by atoms with Crippen molar-refractivity contribution in [2.24, 2.45) is 5.92 Å². The van der Waals surface area contributed by atoms with Gasteiger partial charge < -0.3 is 9.73 Å². The fourth-order valence-electron chi connectivity index (χ4n) is 3.19. The van der Waals surface area contributed by atoms with Crippen molar-refractivity contribution in [1.29, 1.82) is 0 Å². The summed E-state index contributed by atoms with van der Waals surface area (Å²) in [4.78, 5) is 0. The molecular weight excluding hydrogens is 234 g/mol. The fourth-order valence-corrected chi connectivity index (χ4v) is 3.19. The second kappa shape index (κ2) is 5.79. The maximum Gasteiger partial charge on any atom is 0.134 e. The lowest BCUT2D eigenvalue weighted by atomic mass is 9.84. The second-order valence-corrected chi connectivity index (χ2v) is 5.82. The maximum atomic E-state index is 5.84. The summed E-state index contributed by atoms with van der Waals surface area (Å²) in [6.45, 7) is 3.16. The van der Waals surface area contributed by atoms with E-state index in [1.54, 1.807) is 0 Å². The van der Waals surface area contributed by atoms with E-state index >= 15 is 0 Å². The van der Waals surface area contributed by atoms with Crippen molar-refractivity contribution in [2.75, 3.05) is 0 Å². The molecule has 1 atom stereocenters. The van der Waals surface area contributed by atoms with Gasteiger partial charge in [0, 0.05) is 11.4 Å². The van der Waals surface area contributed by atoms with Gasteiger partial charge in [-0.1, -0.05) is 37.5 Å². The molecule has 0 aliphatic heterocycles. The van der Waals surface area contributed by atoms with E-state index in [1.807, 2.05) is 12.1 Å². The first-order valence-corrected chi connectivity index (χ1v) is 7.54. The largest absolute Gasteiger partial charge is 0.460 e. The highest BCUT2D eigenvalue weighted by Crippen LogP contribution is 2.26. The molecular formula is C17H23NO. The molecule has 1 aromatic heterocycles. The Morgan fingerprint density at radius 3 is 2.79 bits per heavy atom. The summed E-state index contributed by atoms with van der Waals surface area (Å²) in [6.07, 6.45) is 7.00. The highest BCUT2D eigenvalue weighted by Gasteiger charge is 2.19. The summed E-state index contributed by atoms with van der Waals surface area (Å²) in [7, 11) is 0. The summed E-state index contributed by atoms with van der Waals surface area (Å²) in [5.41, 5.74) is 0.990. The number of hydrogen-bond donors (Lipinski definition) is 1. The fraction of sp³-hybridized carbons (Fsp3) is 0.529. The van der Waals surface area contributed by atoms with Gasteiger partial charge in [-0.05, 0) is 37.8 Å². The Hall–Kier alpha value is -1.28. The zero-order chi connectivity index (χ0) is 13.1. The Morgan fingerprint density at radius 2 is 2.00 bits per heavy atom. The summed E-state index contributed by atoms with van der Waals surface area (Å²) in [6, 6.07) is 11.0. The van der Waals surface area contributed by atoms with Crippen LogP contribution in [0.2, 0.25) is 0 Å². The molecule has 0 bridgehead atoms. The first-order chi connectivity index (χ1) is 9.33. The number of benzene rings is 1. The SMILES string of the molecule is C[C@H](NCc1cc2ccccc2o1)C1CCCCC1. The van der Waals surface area contributed by atoms with Crippen LogP contribution in [0, 0.1) is 5.92 Å². The van der Waals surface area contributed by atoms with E-state index < -0.39 is 0 Å². The van der Waals surface area contributed by atoms with Crippen LogP contribution in [0.15, 0.2) is 34.7 Å². The summed E-state index contributed by atoms with van der Waals surface area (Å²) in [5, 5.41) is 4.83. The van der Waals surface area contributed by atoms with Gasteiger partial charge in [-0.3, -0.25) is 0 Å². The van der Waals surface area contributed by atoms with Gasteiger partial charge in [-0.25, -0.2) is 0 Å². The minimum absolute atomic E-state index is 0.591. The van der Waals surface area contributed by atoms with Crippen LogP contribution in [0.4, 0.5) is 0 Å². The third-order valence-electron chi connectivity index (χ3n) is 4.43. The molecule has 1 aromatic carbocycles. The number of rotatable bonds is 4. The van der Waals surface area contributed by atoms with Crippen molar-refractivity contribution >= 4 is 11.0 Å². The van der Waals surface area contributed by atoms with E-state index in [2.05, 4.69) is 30.4 Å². The normalized spacial score (nSPS) is 18.8. The molecule has 0 spiro atoms. The number of nitrogens with one attached hydrogen (secondary N) is 1. The second-order valence-electron chi connectivity index (χ2n) is 5.82. The highest BCUT2D eigenvalue weighted by molar-refractivity contribution is 5.77. The van der Waals surface area contributed by atoms with Gasteiger partial charge in [0.15, 0.2) is 0 Å². The molecule has 1 N–H and O–H groups in total. The summed E-state index contributed by atoms with van der Waals surface area (Å²) >= 11 is 0. The molecule has 1 aliphatic rings. The molecule has 1 heterocycles. The van der Waals surface area contributed by atoms with Crippen LogP contribution in [0.5, 0.6) is 0 Å². The average molecular weight is 257 g/mol. The van der Waals surface area contributed by atoms with Gasteiger partial charge >= 0.3 is 0 Å². The molecule has 2 heteroatoms. The Bertz CT molecular complexity index is 492. The van der Waals surface area contributed by atoms with Gasteiger partial charge in [-0.15, -0.1) is 0 Å². The quantitative estimate of drug-likeness (QED) is 0.873. The number of para-hydroxylation sites is 1. The van der Waals surface area contributed by atoms with Gasteiger partial charge in [0.25, 0.3) is 0 Å². The molecule has 2 nitrogen and oxygen atoms in total. The molecule has 0 radical (unpaired) electrons. The van der Waals surface area contributed by atoms with Crippen molar-refractivity contribution in [2.45, 2.75) is 51.6 Å². The van der Waals surface area contributed by atoms with Crippen LogP contribution in [0.3, 0.4) is 0 Å². The number of fused-ring (bicyclic) bond motifs is 1. The van der Waals surface area contributed by atoms with Crippen LogP contribution < -0.4 is 5.32 Å². The van der Waals surface area contributed by atoms with Gasteiger partial charge in [0.1, 0.15) is 11.3 Å². The molecule has 1 saturated carbocycles. The number of hydrogen-bond acceptors (Lipinski definition) is 2. The Balaban J connectivity index is 1.58. The molecule has 1 aliphatic carbocycles. The Kier molecular flexibility index (Phi) is 3.88. The lowest BCUT2D eigenvalue weighted by molar-refractivity contribution is 0.276. The van der Waals surface area contributed by atoms with Crippen molar-refractivity contribution in [1.82, 2.24) is 5.32 Å². The smallest absolute Gasteiger partial charge is 0.134 e. The van der Waals surface area contributed by atoms with E-state index in [0.717, 1.165) is 23.8 Å². The Morgan fingerprint density at radius 1 is 1.21 bits per heavy atom. The Labute approximate surface area is 115 Å². The van der Waals surface area contributed by atoms with E-state index in [1.165, 1.54) is 37.5 Å². The monoisotopic (exact) mass is 257 g/mol. The van der Waals surface area contributed by atoms with Gasteiger partial charge in [0.2, 0.25) is 0 Å². The zero-order valence-electron chi connectivity index (χ0n) is 11.7. The standard InChI is InChI=1S/C17H23NO/c1-13(14-7-3-2-4-8-14)18-12-16-11-15-9-5-6-10-17(15)19-16/h5-6,9-11,13-14,18H,2-4,7-8,12H2,1H3/t13-/m0/s1. The summed E-state index contributed by atoms with van der Waals surface area (Å²) < 4.78 is 5.84. The van der Waals surface area contributed by atoms with Crippen LogP contribution >= 0.6 is 0 Å². The van der Waals surface area contributed by atoms with Crippen LogP contribution in [0.25, 0.3) is 11.0 Å². The van der Waals surface area contributed by atoms with Crippen molar-refractivity contribution < 1.29 is 4.42 Å². The molecule has 2 aromatic rings. The van der Waals surface area contributed by atoms with Gasteiger partial charge in [0.05, 0.1) is 6.54 Å². The third-order valence-corrected chi connectivity index (χ3v) is 4.43. The summed E-state index contributed by atoms with van der Waals surface area (Å²) in [5.74, 6) is 1.89. The van der Waals surface area contributed by atoms with E-state index in [9.17, 15) is 0 Å². The first-order valence-electron chi connectivity index (χ1n) is 7.54. The number of furan rings is 1. The van der Waals surface area contributed by atoms with Crippen molar-refractivity contribution in [3.05, 3.63) is 36.1 Å². The van der Waals surface area contributed by atoms with Crippen LogP contribution in [-0.4, -0.2) is 6.04 Å². The van der Waals surface area contributed by atoms with Crippen LogP contribution in [0.1, 0.15) is 44.8 Å². The molecule has 0 unspecified atom stereocenters. The first kappa shape index (κ1) is 12.7. The maximum absolute atomic E-state index is 5.84. The molecule has 0 amide bonds. The molecule has 1 fully saturated rings.